The summed E-state index contributed by atoms with van der Waals surface area (Å²) >= 11 is 13.8. The van der Waals surface area contributed by atoms with Gasteiger partial charge in [0.05, 0.1) is 20.8 Å². The van der Waals surface area contributed by atoms with Gasteiger partial charge in [0.15, 0.2) is 16.6 Å². The molecule has 1 amide bonds. The molecule has 9 heteroatoms. The highest BCUT2D eigenvalue weighted by atomic mass is 35.5. The quantitative estimate of drug-likeness (QED) is 0.567. The van der Waals surface area contributed by atoms with E-state index < -0.39 is 0 Å². The molecule has 2 heterocycles. The highest BCUT2D eigenvalue weighted by molar-refractivity contribution is 7.22. The lowest BCUT2D eigenvalue weighted by Gasteiger charge is -2.22. The second-order valence-corrected chi connectivity index (χ2v) is 8.70. The van der Waals surface area contributed by atoms with Gasteiger partial charge in [-0.15, -0.1) is 0 Å². The second-order valence-electron chi connectivity index (χ2n) is 6.84. The molecule has 0 radical (unpaired) electrons. The standard InChI is InChI=1S/C20H19Cl2N3O3S/c1-24(2)5-6-25(19(26)13-9-12(21)3-4-14(13)22)20-23-15-10-16-17(11-18(15)29-20)28-8-7-27-16/h3-4,9-11H,5-8H2,1-2H3. The molecule has 0 saturated carbocycles. The summed E-state index contributed by atoms with van der Waals surface area (Å²) in [5, 5.41) is 1.40. The summed E-state index contributed by atoms with van der Waals surface area (Å²) in [5.41, 5.74) is 1.11. The van der Waals surface area contributed by atoms with E-state index in [-0.39, 0.29) is 5.91 Å². The van der Waals surface area contributed by atoms with Gasteiger partial charge in [0.1, 0.15) is 13.2 Å². The molecule has 0 unspecified atom stereocenters. The fourth-order valence-electron chi connectivity index (χ4n) is 2.96. The minimum absolute atomic E-state index is 0.240. The predicted molar refractivity (Wildman–Crippen MR) is 117 cm³/mol. The number of carbonyl (C=O) groups excluding carboxylic acids is 1. The minimum atomic E-state index is -0.240. The van der Waals surface area contributed by atoms with Crippen LogP contribution in [0.2, 0.25) is 10.0 Å². The van der Waals surface area contributed by atoms with Crippen LogP contribution in [0, 0.1) is 0 Å². The molecular weight excluding hydrogens is 433 g/mol. The number of amides is 1. The van der Waals surface area contributed by atoms with Crippen LogP contribution in [-0.2, 0) is 0 Å². The first kappa shape index (κ1) is 20.2. The van der Waals surface area contributed by atoms with Crippen LogP contribution in [0.15, 0.2) is 30.3 Å². The van der Waals surface area contributed by atoms with E-state index in [1.54, 1.807) is 23.1 Å². The Kier molecular flexibility index (Phi) is 5.83. The van der Waals surface area contributed by atoms with E-state index in [0.717, 1.165) is 10.2 Å². The van der Waals surface area contributed by atoms with Crippen molar-refractivity contribution in [3.05, 3.63) is 45.9 Å². The van der Waals surface area contributed by atoms with E-state index in [9.17, 15) is 4.79 Å². The molecule has 2 aromatic carbocycles. The van der Waals surface area contributed by atoms with Crippen LogP contribution >= 0.6 is 34.5 Å². The van der Waals surface area contributed by atoms with Gasteiger partial charge in [-0.1, -0.05) is 34.5 Å². The number of carbonyl (C=O) groups is 1. The molecule has 6 nitrogen and oxygen atoms in total. The average Bonchev–Trinajstić information content (AvgIpc) is 3.10. The van der Waals surface area contributed by atoms with E-state index in [1.807, 2.05) is 31.1 Å². The summed E-state index contributed by atoms with van der Waals surface area (Å²) in [6.45, 7) is 2.16. The number of aromatic nitrogens is 1. The SMILES string of the molecule is CN(C)CCN(C(=O)c1cc(Cl)ccc1Cl)c1nc2cc3c(cc2s1)OCCO3. The molecule has 1 aromatic heterocycles. The fraction of sp³-hybridized carbons (Fsp3) is 0.300. The van der Waals surface area contributed by atoms with Gasteiger partial charge in [-0.25, -0.2) is 4.98 Å². The van der Waals surface area contributed by atoms with Gasteiger partial charge in [-0.05, 0) is 32.3 Å². The Balaban J connectivity index is 1.74. The van der Waals surface area contributed by atoms with Crippen LogP contribution in [0.1, 0.15) is 10.4 Å². The summed E-state index contributed by atoms with van der Waals surface area (Å²) in [5.74, 6) is 1.13. The first-order valence-corrected chi connectivity index (χ1v) is 10.6. The molecule has 0 bridgehead atoms. The number of nitrogens with zero attached hydrogens (tertiary/aromatic N) is 3. The smallest absolute Gasteiger partial charge is 0.261 e. The van der Waals surface area contributed by atoms with Crippen molar-refractivity contribution in [3.8, 4) is 11.5 Å². The first-order chi connectivity index (χ1) is 13.9. The van der Waals surface area contributed by atoms with Crippen LogP contribution < -0.4 is 14.4 Å². The first-order valence-electron chi connectivity index (χ1n) is 9.04. The Morgan fingerprint density at radius 1 is 1.10 bits per heavy atom. The Hall–Kier alpha value is -2.06. The number of halogens is 2. The van der Waals surface area contributed by atoms with Crippen molar-refractivity contribution in [1.82, 2.24) is 9.88 Å². The third-order valence-corrected chi connectivity index (χ3v) is 6.05. The fourth-order valence-corrected chi connectivity index (χ4v) is 4.33. The van der Waals surface area contributed by atoms with Crippen molar-refractivity contribution in [2.45, 2.75) is 0 Å². The maximum atomic E-state index is 13.3. The molecule has 0 spiro atoms. The predicted octanol–water partition coefficient (Wildman–Crippen LogP) is 4.58. The molecule has 3 aromatic rings. The minimum Gasteiger partial charge on any atom is -0.486 e. The zero-order valence-corrected chi connectivity index (χ0v) is 18.3. The van der Waals surface area contributed by atoms with E-state index >= 15 is 0 Å². The summed E-state index contributed by atoms with van der Waals surface area (Å²) in [4.78, 5) is 21.7. The van der Waals surface area contributed by atoms with Gasteiger partial charge in [0, 0.05) is 30.2 Å². The summed E-state index contributed by atoms with van der Waals surface area (Å²) in [6, 6.07) is 8.63. The van der Waals surface area contributed by atoms with Crippen molar-refractivity contribution in [1.29, 1.82) is 0 Å². The average molecular weight is 452 g/mol. The number of benzene rings is 2. The van der Waals surface area contributed by atoms with Crippen LogP contribution in [0.4, 0.5) is 5.13 Å². The van der Waals surface area contributed by atoms with E-state index in [2.05, 4.69) is 0 Å². The third kappa shape index (κ3) is 4.28. The molecule has 0 fully saturated rings. The molecule has 0 atom stereocenters. The lowest BCUT2D eigenvalue weighted by molar-refractivity contribution is 0.0985. The number of ether oxygens (including phenoxy) is 2. The zero-order valence-electron chi connectivity index (χ0n) is 15.9. The third-order valence-electron chi connectivity index (χ3n) is 4.45. The number of hydrogen-bond acceptors (Lipinski definition) is 6. The van der Waals surface area contributed by atoms with Gasteiger partial charge in [-0.2, -0.15) is 0 Å². The number of likely N-dealkylation sites (N-methyl/N-ethyl adjacent to an activating group) is 1. The topological polar surface area (TPSA) is 54.9 Å². The maximum Gasteiger partial charge on any atom is 0.261 e. The monoisotopic (exact) mass is 451 g/mol. The summed E-state index contributed by atoms with van der Waals surface area (Å²) in [6.07, 6.45) is 0. The molecule has 1 aliphatic rings. The number of hydrogen-bond donors (Lipinski definition) is 0. The highest BCUT2D eigenvalue weighted by Gasteiger charge is 2.24. The lowest BCUT2D eigenvalue weighted by Crippen LogP contribution is -2.36. The molecule has 1 aliphatic heterocycles. The number of anilines is 1. The van der Waals surface area contributed by atoms with Gasteiger partial charge < -0.3 is 14.4 Å². The van der Waals surface area contributed by atoms with Gasteiger partial charge in [0.2, 0.25) is 0 Å². The van der Waals surface area contributed by atoms with Gasteiger partial charge in [-0.3, -0.25) is 9.69 Å². The van der Waals surface area contributed by atoms with E-state index in [4.69, 9.17) is 37.7 Å². The van der Waals surface area contributed by atoms with Crippen LogP contribution in [0.5, 0.6) is 11.5 Å². The van der Waals surface area contributed by atoms with Crippen LogP contribution in [0.25, 0.3) is 10.2 Å². The lowest BCUT2D eigenvalue weighted by atomic mass is 10.2. The van der Waals surface area contributed by atoms with Crippen molar-refractivity contribution < 1.29 is 14.3 Å². The van der Waals surface area contributed by atoms with Gasteiger partial charge in [0.25, 0.3) is 5.91 Å². The number of fused-ring (bicyclic) bond motifs is 2. The normalized spacial score (nSPS) is 13.1. The van der Waals surface area contributed by atoms with E-state index in [0.29, 0.717) is 58.5 Å². The molecule has 0 aliphatic carbocycles. The molecule has 29 heavy (non-hydrogen) atoms. The maximum absolute atomic E-state index is 13.3. The van der Waals surface area contributed by atoms with Crippen molar-refractivity contribution in [2.75, 3.05) is 45.3 Å². The van der Waals surface area contributed by atoms with Gasteiger partial charge >= 0.3 is 0 Å². The Morgan fingerprint density at radius 2 is 1.83 bits per heavy atom. The number of thiazole rings is 1. The summed E-state index contributed by atoms with van der Waals surface area (Å²) in [7, 11) is 3.91. The van der Waals surface area contributed by atoms with Crippen molar-refractivity contribution in [2.24, 2.45) is 0 Å². The highest BCUT2D eigenvalue weighted by Crippen LogP contribution is 2.39. The summed E-state index contributed by atoms with van der Waals surface area (Å²) < 4.78 is 12.2. The largest absolute Gasteiger partial charge is 0.486 e. The van der Waals surface area contributed by atoms with E-state index in [1.165, 1.54) is 11.3 Å². The Bertz CT molecular complexity index is 1030. The van der Waals surface area contributed by atoms with Crippen LogP contribution in [0.3, 0.4) is 0 Å². The Labute approximate surface area is 182 Å². The molecule has 4 rings (SSSR count). The van der Waals surface area contributed by atoms with Crippen molar-refractivity contribution >= 4 is 55.8 Å². The molecule has 0 N–H and O–H groups in total. The van der Waals surface area contributed by atoms with Crippen molar-refractivity contribution in [3.63, 3.8) is 0 Å². The molecular formula is C20H19Cl2N3O3S. The second kappa shape index (κ2) is 8.36. The Morgan fingerprint density at radius 3 is 2.55 bits per heavy atom. The number of rotatable bonds is 5. The zero-order chi connectivity index (χ0) is 20.5. The molecule has 152 valence electrons. The molecule has 0 saturated heterocycles. The van der Waals surface area contributed by atoms with Crippen LogP contribution in [-0.4, -0.2) is 56.2 Å².